The van der Waals surface area contributed by atoms with E-state index in [0.29, 0.717) is 5.69 Å². The van der Waals surface area contributed by atoms with Gasteiger partial charge >= 0.3 is 0 Å². The second-order valence-corrected chi connectivity index (χ2v) is 5.41. The first-order valence-corrected chi connectivity index (χ1v) is 7.38. The Morgan fingerprint density at radius 2 is 2.18 bits per heavy atom. The summed E-state index contributed by atoms with van der Waals surface area (Å²) in [4.78, 5) is 10.1. The minimum Gasteiger partial charge on any atom is -0.380 e. The van der Waals surface area contributed by atoms with E-state index in [-0.39, 0.29) is 11.7 Å². The number of alkyl halides is 2. The lowest BCUT2D eigenvalue weighted by molar-refractivity contribution is 0.146. The Kier molecular flexibility index (Phi) is 4.46. The van der Waals surface area contributed by atoms with Gasteiger partial charge in [0.15, 0.2) is 0 Å². The van der Waals surface area contributed by atoms with Crippen LogP contribution in [0, 0.1) is 0 Å². The first-order valence-electron chi connectivity index (χ1n) is 7.38. The standard InChI is InChI=1S/C16H18F2N4/c17-16(18)15-9-12(5-7-20-15)21-13-3-2-8-22(11-13)14-4-1-6-19-10-14/h1,4-7,9-10,13,16H,2-3,8,11H2,(H,20,21). The molecule has 1 N–H and O–H groups in total. The topological polar surface area (TPSA) is 41.0 Å². The summed E-state index contributed by atoms with van der Waals surface area (Å²) in [5, 5.41) is 3.34. The molecular weight excluding hydrogens is 286 g/mol. The predicted molar refractivity (Wildman–Crippen MR) is 82.3 cm³/mol. The van der Waals surface area contributed by atoms with E-state index in [0.717, 1.165) is 31.6 Å². The van der Waals surface area contributed by atoms with Crippen molar-refractivity contribution in [3.63, 3.8) is 0 Å². The third-order valence-electron chi connectivity index (χ3n) is 3.81. The van der Waals surface area contributed by atoms with Crippen LogP contribution >= 0.6 is 0 Å². The molecule has 116 valence electrons. The summed E-state index contributed by atoms with van der Waals surface area (Å²) >= 11 is 0. The van der Waals surface area contributed by atoms with E-state index in [9.17, 15) is 8.78 Å². The number of halogens is 2. The molecule has 0 radical (unpaired) electrons. The van der Waals surface area contributed by atoms with Gasteiger partial charge in [0, 0.05) is 37.2 Å². The highest BCUT2D eigenvalue weighted by Crippen LogP contribution is 2.23. The minimum atomic E-state index is -2.54. The second kappa shape index (κ2) is 6.68. The average molecular weight is 304 g/mol. The number of piperidine rings is 1. The Balaban J connectivity index is 1.67. The van der Waals surface area contributed by atoms with Crippen LogP contribution in [0.15, 0.2) is 42.9 Å². The fourth-order valence-electron chi connectivity index (χ4n) is 2.76. The lowest BCUT2D eigenvalue weighted by Crippen LogP contribution is -2.42. The first kappa shape index (κ1) is 14.7. The highest BCUT2D eigenvalue weighted by molar-refractivity contribution is 5.48. The molecule has 2 aromatic heterocycles. The molecule has 3 heterocycles. The zero-order valence-electron chi connectivity index (χ0n) is 12.1. The van der Waals surface area contributed by atoms with Crippen molar-refractivity contribution < 1.29 is 8.78 Å². The van der Waals surface area contributed by atoms with Crippen LogP contribution in [0.5, 0.6) is 0 Å². The third kappa shape index (κ3) is 3.50. The molecule has 0 bridgehead atoms. The van der Waals surface area contributed by atoms with E-state index < -0.39 is 6.43 Å². The van der Waals surface area contributed by atoms with Crippen molar-refractivity contribution in [1.29, 1.82) is 0 Å². The Bertz CT molecular complexity index is 606. The normalized spacial score (nSPS) is 18.5. The molecule has 1 aliphatic heterocycles. The molecule has 0 spiro atoms. The van der Waals surface area contributed by atoms with Crippen LogP contribution in [0.3, 0.4) is 0 Å². The molecule has 0 amide bonds. The molecule has 0 aromatic carbocycles. The van der Waals surface area contributed by atoms with Gasteiger partial charge in [-0.15, -0.1) is 0 Å². The Morgan fingerprint density at radius 1 is 1.27 bits per heavy atom. The monoisotopic (exact) mass is 304 g/mol. The maximum absolute atomic E-state index is 12.7. The lowest BCUT2D eigenvalue weighted by atomic mass is 10.0. The number of nitrogens with zero attached hydrogens (tertiary/aromatic N) is 3. The molecule has 2 aromatic rings. The highest BCUT2D eigenvalue weighted by Gasteiger charge is 2.20. The zero-order chi connectivity index (χ0) is 15.4. The summed E-state index contributed by atoms with van der Waals surface area (Å²) in [7, 11) is 0. The van der Waals surface area contributed by atoms with Crippen molar-refractivity contribution in [2.75, 3.05) is 23.3 Å². The molecule has 4 nitrogen and oxygen atoms in total. The molecule has 6 heteroatoms. The molecule has 1 fully saturated rings. The van der Waals surface area contributed by atoms with Crippen LogP contribution in [0.25, 0.3) is 0 Å². The summed E-state index contributed by atoms with van der Waals surface area (Å²) in [5.41, 5.74) is 1.60. The fourth-order valence-corrected chi connectivity index (χ4v) is 2.76. The molecule has 0 aliphatic carbocycles. The number of hydrogen-bond donors (Lipinski definition) is 1. The Morgan fingerprint density at radius 3 is 2.95 bits per heavy atom. The molecule has 3 rings (SSSR count). The van der Waals surface area contributed by atoms with E-state index in [4.69, 9.17) is 0 Å². The van der Waals surface area contributed by atoms with Crippen LogP contribution in [-0.2, 0) is 0 Å². The molecule has 1 aliphatic rings. The highest BCUT2D eigenvalue weighted by atomic mass is 19.3. The molecule has 1 unspecified atom stereocenters. The van der Waals surface area contributed by atoms with Crippen molar-refractivity contribution in [2.24, 2.45) is 0 Å². The zero-order valence-corrected chi connectivity index (χ0v) is 12.1. The molecule has 0 saturated carbocycles. The average Bonchev–Trinajstić information content (AvgIpc) is 2.56. The van der Waals surface area contributed by atoms with Gasteiger partial charge in [0.25, 0.3) is 6.43 Å². The lowest BCUT2D eigenvalue weighted by Gasteiger charge is -2.35. The minimum absolute atomic E-state index is 0.190. The van der Waals surface area contributed by atoms with Gasteiger partial charge in [0.05, 0.1) is 11.9 Å². The number of anilines is 2. The van der Waals surface area contributed by atoms with Gasteiger partial charge in [-0.1, -0.05) is 0 Å². The van der Waals surface area contributed by atoms with Gasteiger partial charge in [0.1, 0.15) is 5.69 Å². The maximum Gasteiger partial charge on any atom is 0.280 e. The summed E-state index contributed by atoms with van der Waals surface area (Å²) < 4.78 is 25.4. The summed E-state index contributed by atoms with van der Waals surface area (Å²) in [6.45, 7) is 1.82. The summed E-state index contributed by atoms with van der Waals surface area (Å²) in [6.07, 6.45) is 4.56. The number of pyridine rings is 2. The van der Waals surface area contributed by atoms with Crippen LogP contribution in [0.1, 0.15) is 25.0 Å². The smallest absolute Gasteiger partial charge is 0.280 e. The molecular formula is C16H18F2N4. The SMILES string of the molecule is FC(F)c1cc(NC2CCCN(c3cccnc3)C2)ccn1. The van der Waals surface area contributed by atoms with Gasteiger partial charge in [-0.2, -0.15) is 0 Å². The van der Waals surface area contributed by atoms with Crippen LogP contribution in [0.4, 0.5) is 20.2 Å². The fraction of sp³-hybridized carbons (Fsp3) is 0.375. The van der Waals surface area contributed by atoms with Crippen LogP contribution in [0.2, 0.25) is 0 Å². The van der Waals surface area contributed by atoms with Gasteiger partial charge in [0.2, 0.25) is 0 Å². The van der Waals surface area contributed by atoms with E-state index in [1.165, 1.54) is 12.3 Å². The Labute approximate surface area is 128 Å². The van der Waals surface area contributed by atoms with Gasteiger partial charge in [-0.25, -0.2) is 8.78 Å². The van der Waals surface area contributed by atoms with Gasteiger partial charge in [-0.3, -0.25) is 9.97 Å². The largest absolute Gasteiger partial charge is 0.380 e. The van der Waals surface area contributed by atoms with Crippen molar-refractivity contribution in [1.82, 2.24) is 9.97 Å². The van der Waals surface area contributed by atoms with Crippen LogP contribution < -0.4 is 10.2 Å². The van der Waals surface area contributed by atoms with E-state index in [1.807, 2.05) is 18.3 Å². The van der Waals surface area contributed by atoms with Crippen LogP contribution in [-0.4, -0.2) is 29.1 Å². The van der Waals surface area contributed by atoms with Gasteiger partial charge in [-0.05, 0) is 37.1 Å². The van der Waals surface area contributed by atoms with Crippen molar-refractivity contribution in [3.8, 4) is 0 Å². The van der Waals surface area contributed by atoms with E-state index in [1.54, 1.807) is 12.3 Å². The molecule has 1 saturated heterocycles. The number of hydrogen-bond acceptors (Lipinski definition) is 4. The predicted octanol–water partition coefficient (Wildman–Crippen LogP) is 3.50. The van der Waals surface area contributed by atoms with E-state index >= 15 is 0 Å². The summed E-state index contributed by atoms with van der Waals surface area (Å²) in [5.74, 6) is 0. The number of aromatic nitrogens is 2. The van der Waals surface area contributed by atoms with Crippen molar-refractivity contribution in [3.05, 3.63) is 48.5 Å². The number of nitrogens with one attached hydrogen (secondary N) is 1. The Hall–Kier alpha value is -2.24. The van der Waals surface area contributed by atoms with Crippen molar-refractivity contribution in [2.45, 2.75) is 25.3 Å². The quantitative estimate of drug-likeness (QED) is 0.938. The van der Waals surface area contributed by atoms with Crippen molar-refractivity contribution >= 4 is 11.4 Å². The number of rotatable bonds is 4. The third-order valence-corrected chi connectivity index (χ3v) is 3.81. The maximum atomic E-state index is 12.7. The van der Waals surface area contributed by atoms with Gasteiger partial charge < -0.3 is 10.2 Å². The molecule has 22 heavy (non-hydrogen) atoms. The van der Waals surface area contributed by atoms with E-state index in [2.05, 4.69) is 20.2 Å². The second-order valence-electron chi connectivity index (χ2n) is 5.41. The first-order chi connectivity index (χ1) is 10.7. The molecule has 1 atom stereocenters. The summed E-state index contributed by atoms with van der Waals surface area (Å²) in [6, 6.07) is 7.34.